The number of halogens is 1. The highest BCUT2D eigenvalue weighted by atomic mass is 35.5. The van der Waals surface area contributed by atoms with Gasteiger partial charge in [-0.25, -0.2) is 4.90 Å². The van der Waals surface area contributed by atoms with Gasteiger partial charge in [0.15, 0.2) is 0 Å². The van der Waals surface area contributed by atoms with Crippen molar-refractivity contribution in [3.8, 4) is 0 Å². The predicted octanol–water partition coefficient (Wildman–Crippen LogP) is 6.03. The molecule has 3 aromatic rings. The number of anilines is 1. The normalized spacial score (nSPS) is 14.1. The first-order chi connectivity index (χ1) is 14.0. The van der Waals surface area contributed by atoms with Crippen molar-refractivity contribution in [2.24, 2.45) is 0 Å². The van der Waals surface area contributed by atoms with E-state index in [1.54, 1.807) is 24.3 Å². The summed E-state index contributed by atoms with van der Waals surface area (Å²) in [5, 5.41) is 0.472. The van der Waals surface area contributed by atoms with E-state index in [1.807, 2.05) is 62.4 Å². The fourth-order valence-electron chi connectivity index (χ4n) is 3.21. The number of carbonyl (C=O) groups excluding carboxylic acids is 2. The number of thioether (sulfide) groups is 1. The van der Waals surface area contributed by atoms with Gasteiger partial charge in [0.05, 0.1) is 16.2 Å². The molecule has 5 heteroatoms. The van der Waals surface area contributed by atoms with E-state index in [-0.39, 0.29) is 11.8 Å². The van der Waals surface area contributed by atoms with E-state index in [4.69, 9.17) is 11.6 Å². The molecule has 3 aromatic carbocycles. The molecule has 0 aromatic heterocycles. The molecule has 0 aliphatic carbocycles. The number of nitrogens with zero attached hydrogens (tertiary/aromatic N) is 1. The Morgan fingerprint density at radius 3 is 2.24 bits per heavy atom. The molecule has 0 radical (unpaired) electrons. The average Bonchev–Trinajstić information content (AvgIpc) is 2.95. The van der Waals surface area contributed by atoms with Gasteiger partial charge in [-0.1, -0.05) is 65.8 Å². The van der Waals surface area contributed by atoms with Crippen molar-refractivity contribution < 1.29 is 9.59 Å². The Labute approximate surface area is 179 Å². The molecule has 3 nitrogen and oxygen atoms in total. The number of hydrogen-bond donors (Lipinski definition) is 0. The van der Waals surface area contributed by atoms with Gasteiger partial charge >= 0.3 is 0 Å². The first-order valence-electron chi connectivity index (χ1n) is 9.15. The lowest BCUT2D eigenvalue weighted by Gasteiger charge is -2.15. The van der Waals surface area contributed by atoms with Gasteiger partial charge in [-0.3, -0.25) is 9.59 Å². The molecule has 144 valence electrons. The molecule has 1 aliphatic heterocycles. The maximum atomic E-state index is 13.4. The highest BCUT2D eigenvalue weighted by Crippen LogP contribution is 2.41. The zero-order valence-electron chi connectivity index (χ0n) is 16.0. The molecular formula is C24H18ClNO2S. The Morgan fingerprint density at radius 1 is 0.793 bits per heavy atom. The molecule has 0 spiro atoms. The van der Waals surface area contributed by atoms with Gasteiger partial charge in [0, 0.05) is 9.92 Å². The number of aryl methyl sites for hydroxylation is 2. The number of amides is 2. The van der Waals surface area contributed by atoms with Gasteiger partial charge in [0.25, 0.3) is 11.8 Å². The third-order valence-electron chi connectivity index (χ3n) is 4.87. The van der Waals surface area contributed by atoms with Crippen LogP contribution in [0.4, 0.5) is 5.69 Å². The van der Waals surface area contributed by atoms with Gasteiger partial charge < -0.3 is 0 Å². The van der Waals surface area contributed by atoms with Gasteiger partial charge in [-0.05, 0) is 60.9 Å². The second-order valence-electron chi connectivity index (χ2n) is 6.84. The summed E-state index contributed by atoms with van der Waals surface area (Å²) < 4.78 is 0. The molecule has 0 bridgehead atoms. The number of rotatable bonds is 4. The molecule has 0 saturated carbocycles. The average molecular weight is 420 g/mol. The van der Waals surface area contributed by atoms with Crippen LogP contribution in [0.15, 0.2) is 82.6 Å². The van der Waals surface area contributed by atoms with Crippen LogP contribution in [0.1, 0.15) is 16.7 Å². The zero-order chi connectivity index (χ0) is 20.5. The third-order valence-corrected chi connectivity index (χ3v) is 6.19. The standard InChI is InChI=1S/C24H18ClNO2S/c1-15-11-12-17(13-16(15)2)21-22(29-20-9-4-3-5-10-20)24(28)26(23(21)27)19-8-6-7-18(25)14-19/h3-14H,1-2H3. The number of imide groups is 1. The Kier molecular flexibility index (Phi) is 5.31. The lowest BCUT2D eigenvalue weighted by atomic mass is 10.0. The Bertz CT molecular complexity index is 1150. The van der Waals surface area contributed by atoms with E-state index < -0.39 is 0 Å². The van der Waals surface area contributed by atoms with E-state index in [0.717, 1.165) is 21.6 Å². The monoisotopic (exact) mass is 419 g/mol. The van der Waals surface area contributed by atoms with Crippen molar-refractivity contribution in [1.82, 2.24) is 0 Å². The van der Waals surface area contributed by atoms with Gasteiger partial charge in [-0.2, -0.15) is 0 Å². The van der Waals surface area contributed by atoms with Gasteiger partial charge in [0.2, 0.25) is 0 Å². The van der Waals surface area contributed by atoms with Crippen molar-refractivity contribution in [1.29, 1.82) is 0 Å². The second kappa shape index (κ2) is 7.90. The van der Waals surface area contributed by atoms with Crippen molar-refractivity contribution in [2.75, 3.05) is 4.90 Å². The largest absolute Gasteiger partial charge is 0.272 e. The van der Waals surface area contributed by atoms with E-state index in [0.29, 0.717) is 21.2 Å². The van der Waals surface area contributed by atoms with Crippen LogP contribution in [-0.4, -0.2) is 11.8 Å². The molecule has 0 saturated heterocycles. The van der Waals surface area contributed by atoms with E-state index in [2.05, 4.69) is 0 Å². The maximum absolute atomic E-state index is 13.4. The summed E-state index contributed by atoms with van der Waals surface area (Å²) in [6, 6.07) is 22.2. The Balaban J connectivity index is 1.85. The first-order valence-corrected chi connectivity index (χ1v) is 10.3. The molecule has 2 amide bonds. The summed E-state index contributed by atoms with van der Waals surface area (Å²) in [4.78, 5) is 29.3. The van der Waals surface area contributed by atoms with Crippen LogP contribution in [0, 0.1) is 13.8 Å². The minimum absolute atomic E-state index is 0.334. The molecule has 1 heterocycles. The fourth-order valence-corrected chi connectivity index (χ4v) is 4.41. The summed E-state index contributed by atoms with van der Waals surface area (Å²) in [5.74, 6) is -0.668. The molecule has 0 unspecified atom stereocenters. The third kappa shape index (κ3) is 3.74. The van der Waals surface area contributed by atoms with Crippen LogP contribution in [0.25, 0.3) is 5.57 Å². The van der Waals surface area contributed by atoms with E-state index in [9.17, 15) is 9.59 Å². The molecule has 0 N–H and O–H groups in total. The highest BCUT2D eigenvalue weighted by Gasteiger charge is 2.40. The molecule has 0 fully saturated rings. The second-order valence-corrected chi connectivity index (χ2v) is 8.36. The molecule has 0 atom stereocenters. The summed E-state index contributed by atoms with van der Waals surface area (Å²) in [7, 11) is 0. The van der Waals surface area contributed by atoms with Crippen LogP contribution in [0.2, 0.25) is 5.02 Å². The van der Waals surface area contributed by atoms with E-state index in [1.165, 1.54) is 16.7 Å². The molecule has 29 heavy (non-hydrogen) atoms. The first kappa shape index (κ1) is 19.5. The summed E-state index contributed by atoms with van der Waals surface area (Å²) in [6.07, 6.45) is 0. The van der Waals surface area contributed by atoms with E-state index >= 15 is 0 Å². The SMILES string of the molecule is Cc1ccc(C2=C(Sc3ccccc3)C(=O)N(c3cccc(Cl)c3)C2=O)cc1C. The van der Waals surface area contributed by atoms with Crippen LogP contribution in [0.5, 0.6) is 0 Å². The Morgan fingerprint density at radius 2 is 1.55 bits per heavy atom. The molecule has 4 rings (SSSR count). The van der Waals surface area contributed by atoms with Crippen molar-refractivity contribution >= 4 is 46.4 Å². The van der Waals surface area contributed by atoms with Crippen molar-refractivity contribution in [3.63, 3.8) is 0 Å². The van der Waals surface area contributed by atoms with Crippen LogP contribution in [-0.2, 0) is 9.59 Å². The summed E-state index contributed by atoms with van der Waals surface area (Å²) in [5.41, 5.74) is 3.84. The summed E-state index contributed by atoms with van der Waals surface area (Å²) in [6.45, 7) is 4.02. The maximum Gasteiger partial charge on any atom is 0.272 e. The fraction of sp³-hybridized carbons (Fsp3) is 0.0833. The van der Waals surface area contributed by atoms with Crippen LogP contribution in [0.3, 0.4) is 0 Å². The highest BCUT2D eigenvalue weighted by molar-refractivity contribution is 8.04. The van der Waals surface area contributed by atoms with Crippen molar-refractivity contribution in [2.45, 2.75) is 18.7 Å². The minimum atomic E-state index is -0.334. The lowest BCUT2D eigenvalue weighted by molar-refractivity contribution is -0.119. The number of benzene rings is 3. The number of carbonyl (C=O) groups is 2. The topological polar surface area (TPSA) is 37.4 Å². The minimum Gasteiger partial charge on any atom is -0.268 e. The zero-order valence-corrected chi connectivity index (χ0v) is 17.6. The van der Waals surface area contributed by atoms with Crippen LogP contribution < -0.4 is 4.90 Å². The quantitative estimate of drug-likeness (QED) is 0.484. The van der Waals surface area contributed by atoms with Crippen molar-refractivity contribution in [3.05, 3.63) is 99.4 Å². The smallest absolute Gasteiger partial charge is 0.268 e. The van der Waals surface area contributed by atoms with Crippen LogP contribution >= 0.6 is 23.4 Å². The van der Waals surface area contributed by atoms with Gasteiger partial charge in [0.1, 0.15) is 0 Å². The predicted molar refractivity (Wildman–Crippen MR) is 119 cm³/mol. The molecular weight excluding hydrogens is 402 g/mol. The number of hydrogen-bond acceptors (Lipinski definition) is 3. The van der Waals surface area contributed by atoms with Gasteiger partial charge in [-0.15, -0.1) is 0 Å². The molecule has 1 aliphatic rings. The summed E-state index contributed by atoms with van der Waals surface area (Å²) >= 11 is 7.42. The Hall–Kier alpha value is -2.82. The lowest BCUT2D eigenvalue weighted by Crippen LogP contribution is -2.31.